The van der Waals surface area contributed by atoms with Crippen molar-refractivity contribution in [2.75, 3.05) is 19.6 Å². The van der Waals surface area contributed by atoms with Crippen LogP contribution in [0.4, 0.5) is 0 Å². The van der Waals surface area contributed by atoms with Crippen molar-refractivity contribution in [1.82, 2.24) is 4.90 Å². The summed E-state index contributed by atoms with van der Waals surface area (Å²) in [6.07, 6.45) is 2.07. The van der Waals surface area contributed by atoms with E-state index in [2.05, 4.69) is 18.8 Å². The third-order valence-corrected chi connectivity index (χ3v) is 3.30. The fourth-order valence-corrected chi connectivity index (χ4v) is 2.06. The van der Waals surface area contributed by atoms with Crippen molar-refractivity contribution in [3.8, 4) is 11.8 Å². The van der Waals surface area contributed by atoms with E-state index < -0.39 is 0 Å². The molecule has 0 saturated carbocycles. The van der Waals surface area contributed by atoms with E-state index in [1.807, 2.05) is 11.8 Å². The zero-order valence-electron chi connectivity index (χ0n) is 12.1. The van der Waals surface area contributed by atoms with Gasteiger partial charge in [-0.25, -0.2) is 0 Å². The van der Waals surface area contributed by atoms with Gasteiger partial charge < -0.3 is 10.6 Å². The number of benzene rings is 1. The van der Waals surface area contributed by atoms with Gasteiger partial charge >= 0.3 is 0 Å². The Balaban J connectivity index is 2.90. The SMILES string of the molecule is CCCCN(CC)C(=O)c1ccc(C#CCN)c(Cl)c1. The fraction of sp³-hybridized carbons (Fsp3) is 0.438. The van der Waals surface area contributed by atoms with Crippen LogP contribution in [-0.2, 0) is 0 Å². The monoisotopic (exact) mass is 292 g/mol. The largest absolute Gasteiger partial charge is 0.339 e. The molecule has 20 heavy (non-hydrogen) atoms. The lowest BCUT2D eigenvalue weighted by Gasteiger charge is -2.20. The molecule has 0 aliphatic carbocycles. The minimum absolute atomic E-state index is 0.0150. The molecule has 0 fully saturated rings. The summed E-state index contributed by atoms with van der Waals surface area (Å²) in [7, 11) is 0. The van der Waals surface area contributed by atoms with Crippen LogP contribution in [0.25, 0.3) is 0 Å². The van der Waals surface area contributed by atoms with Gasteiger partial charge in [-0.2, -0.15) is 0 Å². The predicted octanol–water partition coefficient (Wildman–Crippen LogP) is 2.91. The maximum atomic E-state index is 12.4. The molecular weight excluding hydrogens is 272 g/mol. The van der Waals surface area contributed by atoms with E-state index in [0.717, 1.165) is 19.4 Å². The number of carbonyl (C=O) groups excluding carboxylic acids is 1. The molecule has 2 N–H and O–H groups in total. The van der Waals surface area contributed by atoms with Crippen molar-refractivity contribution in [2.24, 2.45) is 5.73 Å². The molecule has 0 unspecified atom stereocenters. The topological polar surface area (TPSA) is 46.3 Å². The summed E-state index contributed by atoms with van der Waals surface area (Å²) in [5, 5.41) is 0.489. The predicted molar refractivity (Wildman–Crippen MR) is 83.9 cm³/mol. The van der Waals surface area contributed by atoms with Gasteiger partial charge in [-0.05, 0) is 31.5 Å². The smallest absolute Gasteiger partial charge is 0.253 e. The van der Waals surface area contributed by atoms with Crippen LogP contribution in [0.2, 0.25) is 5.02 Å². The Hall–Kier alpha value is -1.50. The molecule has 4 heteroatoms. The van der Waals surface area contributed by atoms with E-state index in [1.54, 1.807) is 18.2 Å². The zero-order valence-corrected chi connectivity index (χ0v) is 12.8. The van der Waals surface area contributed by atoms with Gasteiger partial charge in [0.05, 0.1) is 11.6 Å². The van der Waals surface area contributed by atoms with Crippen LogP contribution < -0.4 is 5.73 Å². The number of halogens is 1. The van der Waals surface area contributed by atoms with Crippen LogP contribution in [0, 0.1) is 11.8 Å². The van der Waals surface area contributed by atoms with Crippen molar-refractivity contribution in [2.45, 2.75) is 26.7 Å². The van der Waals surface area contributed by atoms with Gasteiger partial charge in [0, 0.05) is 24.2 Å². The van der Waals surface area contributed by atoms with Gasteiger partial charge in [-0.15, -0.1) is 0 Å². The van der Waals surface area contributed by atoms with Crippen LogP contribution in [-0.4, -0.2) is 30.4 Å². The van der Waals surface area contributed by atoms with E-state index in [4.69, 9.17) is 17.3 Å². The summed E-state index contributed by atoms with van der Waals surface area (Å²) in [5.74, 6) is 5.65. The zero-order chi connectivity index (χ0) is 15.0. The molecule has 1 amide bonds. The molecule has 1 aromatic carbocycles. The summed E-state index contributed by atoms with van der Waals surface area (Å²) in [4.78, 5) is 14.2. The molecule has 0 aliphatic heterocycles. The molecule has 0 bridgehead atoms. The number of hydrogen-bond acceptors (Lipinski definition) is 2. The normalized spacial score (nSPS) is 9.80. The summed E-state index contributed by atoms with van der Waals surface area (Å²) in [6, 6.07) is 5.22. The molecule has 0 radical (unpaired) electrons. The fourth-order valence-electron chi connectivity index (χ4n) is 1.83. The van der Waals surface area contributed by atoms with Crippen LogP contribution in [0.1, 0.15) is 42.6 Å². The number of unbranched alkanes of at least 4 members (excludes halogenated alkanes) is 1. The Morgan fingerprint density at radius 2 is 2.15 bits per heavy atom. The highest BCUT2D eigenvalue weighted by Crippen LogP contribution is 2.18. The van der Waals surface area contributed by atoms with Crippen molar-refractivity contribution >= 4 is 17.5 Å². The molecule has 0 heterocycles. The van der Waals surface area contributed by atoms with Crippen molar-refractivity contribution in [3.05, 3.63) is 34.3 Å². The quantitative estimate of drug-likeness (QED) is 0.848. The van der Waals surface area contributed by atoms with Crippen LogP contribution in [0.3, 0.4) is 0 Å². The first-order valence-electron chi connectivity index (χ1n) is 6.91. The second-order valence-electron chi connectivity index (χ2n) is 4.44. The molecule has 0 spiro atoms. The second-order valence-corrected chi connectivity index (χ2v) is 4.85. The average molecular weight is 293 g/mol. The number of hydrogen-bond donors (Lipinski definition) is 1. The molecule has 0 aliphatic rings. The van der Waals surface area contributed by atoms with E-state index in [9.17, 15) is 4.79 Å². The minimum atomic E-state index is 0.0150. The summed E-state index contributed by atoms with van der Waals surface area (Å²) in [6.45, 7) is 5.86. The van der Waals surface area contributed by atoms with Gasteiger partial charge in [0.15, 0.2) is 0 Å². The first-order chi connectivity index (χ1) is 9.63. The van der Waals surface area contributed by atoms with Gasteiger partial charge in [-0.3, -0.25) is 4.79 Å². The Labute approximate surface area is 126 Å². The Kier molecular flexibility index (Phi) is 7.14. The first-order valence-corrected chi connectivity index (χ1v) is 7.29. The second kappa shape index (κ2) is 8.63. The molecule has 0 atom stereocenters. The number of carbonyl (C=O) groups is 1. The van der Waals surface area contributed by atoms with Crippen LogP contribution in [0.15, 0.2) is 18.2 Å². The van der Waals surface area contributed by atoms with Crippen molar-refractivity contribution < 1.29 is 4.79 Å². The summed E-state index contributed by atoms with van der Waals surface area (Å²) < 4.78 is 0. The maximum absolute atomic E-state index is 12.4. The lowest BCUT2D eigenvalue weighted by molar-refractivity contribution is 0.0762. The summed E-state index contributed by atoms with van der Waals surface area (Å²) in [5.41, 5.74) is 6.63. The van der Waals surface area contributed by atoms with Gasteiger partial charge in [0.2, 0.25) is 0 Å². The van der Waals surface area contributed by atoms with Gasteiger partial charge in [-0.1, -0.05) is 36.8 Å². The molecule has 1 rings (SSSR count). The molecular formula is C16H21ClN2O. The Bertz CT molecular complexity index is 517. The average Bonchev–Trinajstić information content (AvgIpc) is 2.46. The Morgan fingerprint density at radius 1 is 1.40 bits per heavy atom. The molecule has 3 nitrogen and oxygen atoms in total. The van der Waals surface area contributed by atoms with E-state index >= 15 is 0 Å². The molecule has 0 aromatic heterocycles. The van der Waals surface area contributed by atoms with Gasteiger partial charge in [0.1, 0.15) is 0 Å². The molecule has 108 valence electrons. The number of nitrogens with two attached hydrogens (primary N) is 1. The highest BCUT2D eigenvalue weighted by atomic mass is 35.5. The van der Waals surface area contributed by atoms with E-state index in [1.165, 1.54) is 0 Å². The van der Waals surface area contributed by atoms with Crippen LogP contribution >= 0.6 is 11.6 Å². The Morgan fingerprint density at radius 3 is 2.70 bits per heavy atom. The molecule has 1 aromatic rings. The number of rotatable bonds is 5. The van der Waals surface area contributed by atoms with E-state index in [-0.39, 0.29) is 12.5 Å². The van der Waals surface area contributed by atoms with Crippen molar-refractivity contribution in [3.63, 3.8) is 0 Å². The lowest BCUT2D eigenvalue weighted by Crippen LogP contribution is -2.31. The van der Waals surface area contributed by atoms with E-state index in [0.29, 0.717) is 22.7 Å². The summed E-state index contributed by atoms with van der Waals surface area (Å²) >= 11 is 6.15. The minimum Gasteiger partial charge on any atom is -0.339 e. The standard InChI is InChI=1S/C16H21ClN2O/c1-3-5-11-19(4-2)16(20)14-9-8-13(7-6-10-18)15(17)12-14/h8-9,12H,3-5,10-11,18H2,1-2H3. The third kappa shape index (κ3) is 4.56. The third-order valence-electron chi connectivity index (χ3n) is 2.99. The van der Waals surface area contributed by atoms with Gasteiger partial charge in [0.25, 0.3) is 5.91 Å². The maximum Gasteiger partial charge on any atom is 0.253 e. The van der Waals surface area contributed by atoms with Crippen molar-refractivity contribution in [1.29, 1.82) is 0 Å². The number of amides is 1. The lowest BCUT2D eigenvalue weighted by atomic mass is 10.1. The molecule has 0 saturated heterocycles. The highest BCUT2D eigenvalue weighted by molar-refractivity contribution is 6.32. The first kappa shape index (κ1) is 16.6. The number of nitrogens with zero attached hydrogens (tertiary/aromatic N) is 1. The highest BCUT2D eigenvalue weighted by Gasteiger charge is 2.14. The van der Waals surface area contributed by atoms with Crippen LogP contribution in [0.5, 0.6) is 0 Å².